The number of carbonyl (C=O) groups is 1. The summed E-state index contributed by atoms with van der Waals surface area (Å²) in [7, 11) is 0. The van der Waals surface area contributed by atoms with Crippen LogP contribution in [0.3, 0.4) is 0 Å². The molecule has 0 bridgehead atoms. The maximum atomic E-state index is 12.9. The maximum Gasteiger partial charge on any atom is 0.233 e. The zero-order valence-corrected chi connectivity index (χ0v) is 15.4. The molecule has 0 N–H and O–H groups in total. The highest BCUT2D eigenvalue weighted by molar-refractivity contribution is 5.83. The van der Waals surface area contributed by atoms with Gasteiger partial charge in [-0.3, -0.25) is 9.69 Å². The van der Waals surface area contributed by atoms with Crippen molar-refractivity contribution in [1.82, 2.24) is 9.80 Å². The molecule has 3 heterocycles. The third kappa shape index (κ3) is 3.47. The van der Waals surface area contributed by atoms with Crippen molar-refractivity contribution in [3.63, 3.8) is 0 Å². The van der Waals surface area contributed by atoms with Crippen LogP contribution in [0.25, 0.3) is 0 Å². The number of nitrogens with zero attached hydrogens (tertiary/aromatic N) is 2. The summed E-state index contributed by atoms with van der Waals surface area (Å²) in [5.74, 6) is 0.318. The highest BCUT2D eigenvalue weighted by atomic mass is 16.5. The largest absolute Gasteiger partial charge is 0.379 e. The van der Waals surface area contributed by atoms with Crippen molar-refractivity contribution < 1.29 is 9.53 Å². The number of carbonyl (C=O) groups excluding carboxylic acids is 1. The first-order valence-corrected chi connectivity index (χ1v) is 9.72. The summed E-state index contributed by atoms with van der Waals surface area (Å²) in [5.41, 5.74) is 1.42. The van der Waals surface area contributed by atoms with Crippen LogP contribution in [0.5, 0.6) is 0 Å². The summed E-state index contributed by atoms with van der Waals surface area (Å²) in [5, 5.41) is 0. The lowest BCUT2D eigenvalue weighted by atomic mass is 9.73. The second-order valence-corrected chi connectivity index (χ2v) is 8.68. The summed E-state index contributed by atoms with van der Waals surface area (Å²) in [6.45, 7) is 8.44. The van der Waals surface area contributed by atoms with E-state index in [0.29, 0.717) is 24.5 Å². The lowest BCUT2D eigenvalue weighted by molar-refractivity contribution is -0.172. The van der Waals surface area contributed by atoms with Gasteiger partial charge in [-0.25, -0.2) is 0 Å². The number of piperidine rings is 2. The molecule has 1 aromatic carbocycles. The van der Waals surface area contributed by atoms with Gasteiger partial charge in [0.2, 0.25) is 5.91 Å². The molecule has 0 saturated carbocycles. The molecule has 1 aromatic rings. The van der Waals surface area contributed by atoms with Crippen LogP contribution in [0.15, 0.2) is 30.3 Å². The van der Waals surface area contributed by atoms with Gasteiger partial charge < -0.3 is 9.64 Å². The molecule has 4 heteroatoms. The first-order valence-electron chi connectivity index (χ1n) is 9.72. The standard InChI is InChI=1S/C21H30N2O2/c1-20(16-25-17-20)19(24)23-12-6-10-21(15-23)9-5-11-22(14-21)13-18-7-3-2-4-8-18/h2-4,7-8H,5-6,9-17H2,1H3/t21-/m1/s1. The van der Waals surface area contributed by atoms with Crippen LogP contribution in [-0.4, -0.2) is 55.1 Å². The lowest BCUT2D eigenvalue weighted by Crippen LogP contribution is -2.59. The van der Waals surface area contributed by atoms with Gasteiger partial charge in [-0.15, -0.1) is 0 Å². The lowest BCUT2D eigenvalue weighted by Gasteiger charge is -2.50. The van der Waals surface area contributed by atoms with Crippen LogP contribution in [0, 0.1) is 10.8 Å². The van der Waals surface area contributed by atoms with Gasteiger partial charge in [-0.05, 0) is 44.7 Å². The van der Waals surface area contributed by atoms with Crippen LogP contribution in [0.2, 0.25) is 0 Å². The SMILES string of the molecule is CC1(C(=O)N2CCC[C@@]3(CCCN(Cc4ccccc4)C3)C2)COC1. The Hall–Kier alpha value is -1.39. The fourth-order valence-corrected chi connectivity index (χ4v) is 4.91. The molecule has 0 radical (unpaired) electrons. The summed E-state index contributed by atoms with van der Waals surface area (Å²) in [6.07, 6.45) is 4.90. The monoisotopic (exact) mass is 342 g/mol. The van der Waals surface area contributed by atoms with E-state index in [4.69, 9.17) is 4.74 Å². The molecule has 1 spiro atoms. The van der Waals surface area contributed by atoms with E-state index in [9.17, 15) is 4.79 Å². The smallest absolute Gasteiger partial charge is 0.233 e. The number of hydrogen-bond acceptors (Lipinski definition) is 3. The quantitative estimate of drug-likeness (QED) is 0.847. The van der Waals surface area contributed by atoms with Crippen molar-refractivity contribution in [3.8, 4) is 0 Å². The summed E-state index contributed by atoms with van der Waals surface area (Å²) in [6, 6.07) is 10.8. The Kier molecular flexibility index (Phi) is 4.59. The van der Waals surface area contributed by atoms with E-state index in [1.54, 1.807) is 0 Å². The van der Waals surface area contributed by atoms with E-state index in [-0.39, 0.29) is 5.41 Å². The number of ether oxygens (including phenoxy) is 1. The zero-order chi connectivity index (χ0) is 17.3. The van der Waals surface area contributed by atoms with Gasteiger partial charge in [0, 0.05) is 31.6 Å². The molecule has 3 aliphatic heterocycles. The van der Waals surface area contributed by atoms with Crippen LogP contribution in [0.1, 0.15) is 38.2 Å². The Morgan fingerprint density at radius 2 is 1.80 bits per heavy atom. The molecule has 4 nitrogen and oxygen atoms in total. The van der Waals surface area contributed by atoms with E-state index in [1.165, 1.54) is 31.4 Å². The molecule has 3 saturated heterocycles. The fraction of sp³-hybridized carbons (Fsp3) is 0.667. The maximum absolute atomic E-state index is 12.9. The second-order valence-electron chi connectivity index (χ2n) is 8.68. The van der Waals surface area contributed by atoms with Crippen molar-refractivity contribution >= 4 is 5.91 Å². The first-order chi connectivity index (χ1) is 12.1. The molecule has 136 valence electrons. The van der Waals surface area contributed by atoms with Crippen LogP contribution < -0.4 is 0 Å². The fourth-order valence-electron chi connectivity index (χ4n) is 4.91. The number of benzene rings is 1. The molecule has 1 amide bonds. The predicted molar refractivity (Wildman–Crippen MR) is 98.1 cm³/mol. The van der Waals surface area contributed by atoms with Crippen LogP contribution >= 0.6 is 0 Å². The Labute approximate surface area is 151 Å². The molecular formula is C21H30N2O2. The van der Waals surface area contributed by atoms with E-state index in [2.05, 4.69) is 47.1 Å². The Balaban J connectivity index is 1.42. The van der Waals surface area contributed by atoms with Gasteiger partial charge in [0.25, 0.3) is 0 Å². The van der Waals surface area contributed by atoms with Crippen molar-refractivity contribution in [3.05, 3.63) is 35.9 Å². The Morgan fingerprint density at radius 3 is 2.48 bits per heavy atom. The van der Waals surface area contributed by atoms with Crippen LogP contribution in [0.4, 0.5) is 0 Å². The number of likely N-dealkylation sites (tertiary alicyclic amines) is 2. The van der Waals surface area contributed by atoms with Crippen molar-refractivity contribution in [1.29, 1.82) is 0 Å². The molecule has 25 heavy (non-hydrogen) atoms. The molecule has 0 unspecified atom stereocenters. The Bertz CT molecular complexity index is 610. The minimum absolute atomic E-state index is 0.267. The average Bonchev–Trinajstić information content (AvgIpc) is 2.60. The summed E-state index contributed by atoms with van der Waals surface area (Å²) >= 11 is 0. The summed E-state index contributed by atoms with van der Waals surface area (Å²) < 4.78 is 5.31. The topological polar surface area (TPSA) is 32.8 Å². The van der Waals surface area contributed by atoms with Gasteiger partial charge in [-0.2, -0.15) is 0 Å². The van der Waals surface area contributed by atoms with Gasteiger partial charge >= 0.3 is 0 Å². The average molecular weight is 342 g/mol. The predicted octanol–water partition coefficient (Wildman–Crippen LogP) is 2.93. The van der Waals surface area contributed by atoms with Crippen molar-refractivity contribution in [2.75, 3.05) is 39.4 Å². The summed E-state index contributed by atoms with van der Waals surface area (Å²) in [4.78, 5) is 17.7. The minimum Gasteiger partial charge on any atom is -0.379 e. The van der Waals surface area contributed by atoms with E-state index >= 15 is 0 Å². The molecule has 1 atom stereocenters. The number of hydrogen-bond donors (Lipinski definition) is 0. The third-order valence-corrected chi connectivity index (χ3v) is 6.30. The van der Waals surface area contributed by atoms with E-state index < -0.39 is 0 Å². The molecule has 0 aliphatic carbocycles. The number of rotatable bonds is 3. The normalized spacial score (nSPS) is 29.4. The molecule has 3 fully saturated rings. The van der Waals surface area contributed by atoms with Crippen molar-refractivity contribution in [2.45, 2.75) is 39.2 Å². The van der Waals surface area contributed by atoms with Gasteiger partial charge in [-0.1, -0.05) is 30.3 Å². The van der Waals surface area contributed by atoms with Crippen molar-refractivity contribution in [2.24, 2.45) is 10.8 Å². The highest BCUT2D eigenvalue weighted by Crippen LogP contribution is 2.40. The first kappa shape index (κ1) is 17.0. The molecule has 3 aliphatic rings. The minimum atomic E-state index is -0.267. The molecule has 4 rings (SSSR count). The van der Waals surface area contributed by atoms with Crippen LogP contribution in [-0.2, 0) is 16.1 Å². The highest BCUT2D eigenvalue weighted by Gasteiger charge is 2.47. The molecular weight excluding hydrogens is 312 g/mol. The Morgan fingerprint density at radius 1 is 1.08 bits per heavy atom. The third-order valence-electron chi connectivity index (χ3n) is 6.30. The molecule has 0 aromatic heterocycles. The van der Waals surface area contributed by atoms with Gasteiger partial charge in [0.15, 0.2) is 0 Å². The van der Waals surface area contributed by atoms with Gasteiger partial charge in [0.1, 0.15) is 0 Å². The van der Waals surface area contributed by atoms with E-state index in [0.717, 1.165) is 32.6 Å². The second kappa shape index (κ2) is 6.73. The zero-order valence-electron chi connectivity index (χ0n) is 15.4. The van der Waals surface area contributed by atoms with E-state index in [1.807, 2.05) is 0 Å². The van der Waals surface area contributed by atoms with Gasteiger partial charge in [0.05, 0.1) is 18.6 Å². The number of amides is 1.